The number of anilines is 1. The highest BCUT2D eigenvalue weighted by atomic mass is 16.6. The average Bonchev–Trinajstić information content (AvgIpc) is 2.93. The summed E-state index contributed by atoms with van der Waals surface area (Å²) in [6.45, 7) is 9.83. The third kappa shape index (κ3) is 3.67. The Labute approximate surface area is 142 Å². The summed E-state index contributed by atoms with van der Waals surface area (Å²) in [6, 6.07) is 3.77. The van der Waals surface area contributed by atoms with Crippen LogP contribution in [0.5, 0.6) is 0 Å². The number of nitrogens with zero attached hydrogens (tertiary/aromatic N) is 4. The molecule has 0 saturated carbocycles. The van der Waals surface area contributed by atoms with Crippen LogP contribution in [0.2, 0.25) is 0 Å². The van der Waals surface area contributed by atoms with E-state index in [1.54, 1.807) is 19.1 Å². The van der Waals surface area contributed by atoms with Gasteiger partial charge in [-0.15, -0.1) is 0 Å². The SMILES string of the molecule is Cc1nc(N2CCCC2CN2CC(C)OC(C)C2)ccc1[N+](=O)[O-]. The maximum absolute atomic E-state index is 11.0. The van der Waals surface area contributed by atoms with Crippen LogP contribution in [-0.4, -0.2) is 59.2 Å². The van der Waals surface area contributed by atoms with E-state index in [9.17, 15) is 10.1 Å². The zero-order valence-electron chi connectivity index (χ0n) is 14.6. The van der Waals surface area contributed by atoms with Gasteiger partial charge in [-0.25, -0.2) is 4.98 Å². The van der Waals surface area contributed by atoms with Gasteiger partial charge in [-0.05, 0) is 39.7 Å². The van der Waals surface area contributed by atoms with Crippen LogP contribution in [0.4, 0.5) is 11.5 Å². The summed E-state index contributed by atoms with van der Waals surface area (Å²) >= 11 is 0. The molecule has 0 N–H and O–H groups in total. The second-order valence-corrected chi connectivity index (χ2v) is 7.00. The number of aromatic nitrogens is 1. The Bertz CT molecular complexity index is 599. The highest BCUT2D eigenvalue weighted by Gasteiger charge is 2.31. The fourth-order valence-electron chi connectivity index (χ4n) is 3.95. The van der Waals surface area contributed by atoms with E-state index in [4.69, 9.17) is 4.74 Å². The molecule has 0 radical (unpaired) electrons. The van der Waals surface area contributed by atoms with Gasteiger partial charge in [-0.1, -0.05) is 0 Å². The van der Waals surface area contributed by atoms with Crippen molar-refractivity contribution < 1.29 is 9.66 Å². The number of rotatable bonds is 4. The van der Waals surface area contributed by atoms with Gasteiger partial charge in [-0.3, -0.25) is 15.0 Å². The van der Waals surface area contributed by atoms with E-state index in [-0.39, 0.29) is 22.8 Å². The lowest BCUT2D eigenvalue weighted by molar-refractivity contribution is -0.385. The van der Waals surface area contributed by atoms with Gasteiger partial charge >= 0.3 is 0 Å². The molecule has 0 amide bonds. The van der Waals surface area contributed by atoms with Gasteiger partial charge < -0.3 is 9.64 Å². The molecule has 2 fully saturated rings. The zero-order valence-corrected chi connectivity index (χ0v) is 14.6. The lowest BCUT2D eigenvalue weighted by Gasteiger charge is -2.38. The predicted molar refractivity (Wildman–Crippen MR) is 92.4 cm³/mol. The van der Waals surface area contributed by atoms with Gasteiger partial charge in [-0.2, -0.15) is 0 Å². The van der Waals surface area contributed by atoms with Crippen molar-refractivity contribution in [1.82, 2.24) is 9.88 Å². The quantitative estimate of drug-likeness (QED) is 0.622. The molecule has 0 spiro atoms. The van der Waals surface area contributed by atoms with Crippen molar-refractivity contribution in [2.24, 2.45) is 0 Å². The average molecular weight is 334 g/mol. The monoisotopic (exact) mass is 334 g/mol. The molecule has 7 heteroatoms. The molecule has 0 aromatic carbocycles. The molecule has 7 nitrogen and oxygen atoms in total. The molecule has 3 heterocycles. The summed E-state index contributed by atoms with van der Waals surface area (Å²) < 4.78 is 5.81. The smallest absolute Gasteiger partial charge is 0.290 e. The number of morpholine rings is 1. The molecule has 2 aliphatic rings. The second kappa shape index (κ2) is 7.03. The van der Waals surface area contributed by atoms with Gasteiger partial charge in [0.15, 0.2) is 0 Å². The summed E-state index contributed by atoms with van der Waals surface area (Å²) in [5, 5.41) is 11.0. The predicted octanol–water partition coefficient (Wildman–Crippen LogP) is 2.38. The van der Waals surface area contributed by atoms with Crippen LogP contribution in [0, 0.1) is 17.0 Å². The maximum atomic E-state index is 11.0. The number of aryl methyl sites for hydroxylation is 1. The van der Waals surface area contributed by atoms with Gasteiger partial charge in [0.2, 0.25) is 0 Å². The summed E-state index contributed by atoms with van der Waals surface area (Å²) in [5.41, 5.74) is 0.571. The minimum Gasteiger partial charge on any atom is -0.373 e. The van der Waals surface area contributed by atoms with Gasteiger partial charge in [0.05, 0.1) is 17.1 Å². The minimum atomic E-state index is -0.371. The molecule has 3 atom stereocenters. The van der Waals surface area contributed by atoms with Crippen LogP contribution < -0.4 is 4.90 Å². The Balaban J connectivity index is 1.71. The molecule has 1 aromatic rings. The molecule has 132 valence electrons. The Hall–Kier alpha value is -1.73. The first-order valence-electron chi connectivity index (χ1n) is 8.70. The topological polar surface area (TPSA) is 71.7 Å². The normalized spacial score (nSPS) is 28.3. The van der Waals surface area contributed by atoms with Gasteiger partial charge in [0, 0.05) is 38.3 Å². The Kier molecular flexibility index (Phi) is 5.01. The van der Waals surface area contributed by atoms with Crippen molar-refractivity contribution in [2.45, 2.75) is 51.9 Å². The van der Waals surface area contributed by atoms with E-state index >= 15 is 0 Å². The van der Waals surface area contributed by atoms with Crippen LogP contribution in [0.15, 0.2) is 12.1 Å². The molecule has 3 rings (SSSR count). The molecule has 2 aliphatic heterocycles. The zero-order chi connectivity index (χ0) is 17.3. The number of pyridine rings is 1. The first-order chi connectivity index (χ1) is 11.4. The third-order valence-corrected chi connectivity index (χ3v) is 4.88. The molecule has 1 aromatic heterocycles. The standard InChI is InChI=1S/C17H26N4O3/c1-12-9-19(10-13(2)24-12)11-15-5-4-8-20(15)17-7-6-16(21(22)23)14(3)18-17/h6-7,12-13,15H,4-5,8-11H2,1-3H3. The molecular formula is C17H26N4O3. The fourth-order valence-corrected chi connectivity index (χ4v) is 3.95. The summed E-state index contributed by atoms with van der Waals surface area (Å²) in [4.78, 5) is 19.9. The van der Waals surface area contributed by atoms with Crippen LogP contribution in [0.1, 0.15) is 32.4 Å². The van der Waals surface area contributed by atoms with Crippen molar-refractivity contribution >= 4 is 11.5 Å². The second-order valence-electron chi connectivity index (χ2n) is 7.00. The number of hydrogen-bond donors (Lipinski definition) is 0. The molecule has 3 unspecified atom stereocenters. The summed E-state index contributed by atoms with van der Waals surface area (Å²) in [5.74, 6) is 0.856. The molecule has 2 saturated heterocycles. The highest BCUT2D eigenvalue weighted by molar-refractivity contribution is 5.48. The lowest BCUT2D eigenvalue weighted by Crippen LogP contribution is -2.50. The fraction of sp³-hybridized carbons (Fsp3) is 0.706. The molecular weight excluding hydrogens is 308 g/mol. The molecule has 24 heavy (non-hydrogen) atoms. The number of ether oxygens (including phenoxy) is 1. The molecule has 0 bridgehead atoms. The lowest BCUT2D eigenvalue weighted by atomic mass is 10.1. The first-order valence-corrected chi connectivity index (χ1v) is 8.70. The third-order valence-electron chi connectivity index (χ3n) is 4.88. The van der Waals surface area contributed by atoms with Crippen LogP contribution in [-0.2, 0) is 4.74 Å². The van der Waals surface area contributed by atoms with Crippen molar-refractivity contribution in [1.29, 1.82) is 0 Å². The van der Waals surface area contributed by atoms with E-state index in [2.05, 4.69) is 28.6 Å². The van der Waals surface area contributed by atoms with Crippen molar-refractivity contribution in [3.8, 4) is 0 Å². The van der Waals surface area contributed by atoms with E-state index in [0.717, 1.165) is 44.8 Å². The highest BCUT2D eigenvalue weighted by Crippen LogP contribution is 2.28. The van der Waals surface area contributed by atoms with E-state index in [1.165, 1.54) is 0 Å². The van der Waals surface area contributed by atoms with Crippen molar-refractivity contribution in [3.63, 3.8) is 0 Å². The minimum absolute atomic E-state index is 0.0883. The largest absolute Gasteiger partial charge is 0.373 e. The molecule has 0 aliphatic carbocycles. The van der Waals surface area contributed by atoms with E-state index in [1.807, 2.05) is 0 Å². The van der Waals surface area contributed by atoms with Crippen LogP contribution >= 0.6 is 0 Å². The summed E-state index contributed by atoms with van der Waals surface area (Å²) in [6.07, 6.45) is 2.81. The van der Waals surface area contributed by atoms with Crippen LogP contribution in [0.25, 0.3) is 0 Å². The van der Waals surface area contributed by atoms with Crippen molar-refractivity contribution in [3.05, 3.63) is 27.9 Å². The Morgan fingerprint density at radius 2 is 2.04 bits per heavy atom. The summed E-state index contributed by atoms with van der Waals surface area (Å²) in [7, 11) is 0. The Morgan fingerprint density at radius 3 is 2.67 bits per heavy atom. The maximum Gasteiger partial charge on any atom is 0.290 e. The van der Waals surface area contributed by atoms with Gasteiger partial charge in [0.1, 0.15) is 11.5 Å². The Morgan fingerprint density at radius 1 is 1.33 bits per heavy atom. The van der Waals surface area contributed by atoms with E-state index < -0.39 is 0 Å². The number of nitro groups is 1. The van der Waals surface area contributed by atoms with Crippen molar-refractivity contribution in [2.75, 3.05) is 31.1 Å². The van der Waals surface area contributed by atoms with Gasteiger partial charge in [0.25, 0.3) is 5.69 Å². The first kappa shape index (κ1) is 17.1. The number of hydrogen-bond acceptors (Lipinski definition) is 6. The van der Waals surface area contributed by atoms with Crippen LogP contribution in [0.3, 0.4) is 0 Å². The van der Waals surface area contributed by atoms with E-state index in [0.29, 0.717) is 11.7 Å².